The summed E-state index contributed by atoms with van der Waals surface area (Å²) in [7, 11) is 0. The topological polar surface area (TPSA) is 80.9 Å². The number of aromatic nitrogens is 2. The highest BCUT2D eigenvalue weighted by molar-refractivity contribution is 7.98. The van der Waals surface area contributed by atoms with Gasteiger partial charge in [-0.25, -0.2) is 0 Å². The van der Waals surface area contributed by atoms with E-state index in [4.69, 9.17) is 17.3 Å². The standard InChI is InChI=1S/C16H13ClN4OS2/c17-12-6-2-1-4-10(12)9-23-16-13(14(18)22)15(24-21-16)20-11-5-3-7-19-8-11/h1-8,20H,9H2,(H2,18,22). The number of hydrogen-bond donors (Lipinski definition) is 2. The van der Waals surface area contributed by atoms with E-state index in [0.717, 1.165) is 11.3 Å². The molecule has 0 aliphatic carbocycles. The van der Waals surface area contributed by atoms with E-state index in [0.29, 0.717) is 26.4 Å². The molecule has 2 heterocycles. The summed E-state index contributed by atoms with van der Waals surface area (Å²) in [6, 6.07) is 11.2. The number of carbonyl (C=O) groups is 1. The summed E-state index contributed by atoms with van der Waals surface area (Å²) in [6.45, 7) is 0. The molecule has 1 amide bonds. The largest absolute Gasteiger partial charge is 0.365 e. The van der Waals surface area contributed by atoms with Gasteiger partial charge in [0.05, 0.1) is 11.9 Å². The van der Waals surface area contributed by atoms with Crippen LogP contribution >= 0.6 is 34.9 Å². The van der Waals surface area contributed by atoms with Gasteiger partial charge in [0.15, 0.2) is 0 Å². The molecule has 5 nitrogen and oxygen atoms in total. The van der Waals surface area contributed by atoms with Crippen LogP contribution in [0.4, 0.5) is 10.7 Å². The number of nitrogens with one attached hydrogen (secondary N) is 1. The van der Waals surface area contributed by atoms with E-state index < -0.39 is 5.91 Å². The van der Waals surface area contributed by atoms with E-state index in [-0.39, 0.29) is 0 Å². The molecule has 0 bridgehead atoms. The Labute approximate surface area is 152 Å². The van der Waals surface area contributed by atoms with Gasteiger partial charge in [-0.15, -0.1) is 0 Å². The zero-order valence-corrected chi connectivity index (χ0v) is 14.8. The van der Waals surface area contributed by atoms with Crippen LogP contribution < -0.4 is 11.1 Å². The van der Waals surface area contributed by atoms with E-state index in [1.807, 2.05) is 30.3 Å². The summed E-state index contributed by atoms with van der Waals surface area (Å²) < 4.78 is 4.36. The first-order chi connectivity index (χ1) is 11.6. The number of benzene rings is 1. The molecule has 3 rings (SSSR count). The molecule has 8 heteroatoms. The Bertz CT molecular complexity index is 854. The maximum atomic E-state index is 11.9. The molecule has 3 aromatic rings. The predicted octanol–water partition coefficient (Wildman–Crippen LogP) is 4.33. The van der Waals surface area contributed by atoms with Crippen molar-refractivity contribution in [1.82, 2.24) is 9.36 Å². The van der Waals surface area contributed by atoms with Crippen molar-refractivity contribution in [2.45, 2.75) is 10.8 Å². The molecule has 0 saturated carbocycles. The molecule has 24 heavy (non-hydrogen) atoms. The lowest BCUT2D eigenvalue weighted by molar-refractivity contribution is 0.0998. The minimum absolute atomic E-state index is 0.390. The Hall–Kier alpha value is -2.09. The van der Waals surface area contributed by atoms with Crippen molar-refractivity contribution in [2.75, 3.05) is 5.32 Å². The van der Waals surface area contributed by atoms with Gasteiger partial charge in [-0.2, -0.15) is 4.37 Å². The summed E-state index contributed by atoms with van der Waals surface area (Å²) in [5.74, 6) is 0.0903. The minimum Gasteiger partial charge on any atom is -0.365 e. The van der Waals surface area contributed by atoms with Gasteiger partial charge in [-0.05, 0) is 35.3 Å². The quantitative estimate of drug-likeness (QED) is 0.626. The maximum absolute atomic E-state index is 11.9. The fraction of sp³-hybridized carbons (Fsp3) is 0.0625. The second-order valence-electron chi connectivity index (χ2n) is 4.80. The maximum Gasteiger partial charge on any atom is 0.254 e. The van der Waals surface area contributed by atoms with Crippen LogP contribution in [-0.4, -0.2) is 15.3 Å². The second kappa shape index (κ2) is 7.65. The Morgan fingerprint density at radius 1 is 1.29 bits per heavy atom. The van der Waals surface area contributed by atoms with Gasteiger partial charge in [0.25, 0.3) is 5.91 Å². The van der Waals surface area contributed by atoms with E-state index in [1.54, 1.807) is 18.5 Å². The monoisotopic (exact) mass is 376 g/mol. The average molecular weight is 377 g/mol. The van der Waals surface area contributed by atoms with Crippen molar-refractivity contribution >= 4 is 51.5 Å². The lowest BCUT2D eigenvalue weighted by Crippen LogP contribution is -2.13. The Morgan fingerprint density at radius 2 is 2.12 bits per heavy atom. The predicted molar refractivity (Wildman–Crippen MR) is 99.2 cm³/mol. The van der Waals surface area contributed by atoms with Gasteiger partial charge in [-0.3, -0.25) is 9.78 Å². The van der Waals surface area contributed by atoms with E-state index >= 15 is 0 Å². The van der Waals surface area contributed by atoms with Crippen LogP contribution in [0.15, 0.2) is 53.8 Å². The van der Waals surface area contributed by atoms with Crippen LogP contribution in [0.5, 0.6) is 0 Å². The number of amides is 1. The molecular formula is C16H13ClN4OS2. The normalized spacial score (nSPS) is 10.5. The minimum atomic E-state index is -0.517. The van der Waals surface area contributed by atoms with Crippen molar-refractivity contribution < 1.29 is 4.79 Å². The zero-order chi connectivity index (χ0) is 16.9. The molecule has 0 unspecified atom stereocenters. The number of halogens is 1. The van der Waals surface area contributed by atoms with Gasteiger partial charge in [-0.1, -0.05) is 41.6 Å². The van der Waals surface area contributed by atoms with Crippen LogP contribution in [0.3, 0.4) is 0 Å². The number of nitrogens with zero attached hydrogens (tertiary/aromatic N) is 2. The fourth-order valence-corrected chi connectivity index (χ4v) is 4.28. The van der Waals surface area contributed by atoms with Gasteiger partial charge in [0, 0.05) is 17.0 Å². The van der Waals surface area contributed by atoms with E-state index in [2.05, 4.69) is 14.7 Å². The molecule has 122 valence electrons. The highest BCUT2D eigenvalue weighted by Gasteiger charge is 2.19. The molecule has 2 aromatic heterocycles. The van der Waals surface area contributed by atoms with Crippen LogP contribution in [-0.2, 0) is 5.75 Å². The Balaban J connectivity index is 1.81. The number of thioether (sulfide) groups is 1. The molecule has 0 fully saturated rings. The Morgan fingerprint density at radius 3 is 2.83 bits per heavy atom. The molecule has 0 atom stereocenters. The highest BCUT2D eigenvalue weighted by atomic mass is 35.5. The third-order valence-electron chi connectivity index (χ3n) is 3.15. The van der Waals surface area contributed by atoms with Gasteiger partial charge in [0.2, 0.25) is 0 Å². The van der Waals surface area contributed by atoms with E-state index in [1.165, 1.54) is 23.3 Å². The average Bonchev–Trinajstić information content (AvgIpc) is 2.98. The summed E-state index contributed by atoms with van der Waals surface area (Å²) in [4.78, 5) is 15.9. The van der Waals surface area contributed by atoms with Gasteiger partial charge < -0.3 is 11.1 Å². The second-order valence-corrected chi connectivity index (χ2v) is 6.95. The van der Waals surface area contributed by atoms with Crippen LogP contribution in [0.2, 0.25) is 5.02 Å². The molecule has 0 aliphatic rings. The molecule has 0 aliphatic heterocycles. The third-order valence-corrected chi connectivity index (χ3v) is 5.42. The smallest absolute Gasteiger partial charge is 0.254 e. The van der Waals surface area contributed by atoms with Crippen molar-refractivity contribution in [3.63, 3.8) is 0 Å². The van der Waals surface area contributed by atoms with Crippen molar-refractivity contribution in [1.29, 1.82) is 0 Å². The number of nitrogens with two attached hydrogens (primary N) is 1. The van der Waals surface area contributed by atoms with Crippen LogP contribution in [0.1, 0.15) is 15.9 Å². The molecule has 0 spiro atoms. The first kappa shape index (κ1) is 16.8. The molecule has 0 radical (unpaired) electrons. The fourth-order valence-electron chi connectivity index (χ4n) is 2.01. The van der Waals surface area contributed by atoms with Crippen molar-refractivity contribution in [3.05, 3.63) is 64.9 Å². The summed E-state index contributed by atoms with van der Waals surface area (Å²) in [5, 5.41) is 5.03. The molecule has 1 aromatic carbocycles. The lowest BCUT2D eigenvalue weighted by atomic mass is 10.2. The van der Waals surface area contributed by atoms with Crippen LogP contribution in [0.25, 0.3) is 0 Å². The first-order valence-corrected chi connectivity index (χ1v) is 9.11. The summed E-state index contributed by atoms with van der Waals surface area (Å²) in [6.07, 6.45) is 3.35. The van der Waals surface area contributed by atoms with E-state index in [9.17, 15) is 4.79 Å². The number of carbonyl (C=O) groups excluding carboxylic acids is 1. The zero-order valence-electron chi connectivity index (χ0n) is 12.4. The molecule has 0 saturated heterocycles. The number of anilines is 2. The number of pyridine rings is 1. The SMILES string of the molecule is NC(=O)c1c(SCc2ccccc2Cl)nsc1Nc1cccnc1. The lowest BCUT2D eigenvalue weighted by Gasteiger charge is -2.06. The van der Waals surface area contributed by atoms with Crippen LogP contribution in [0, 0.1) is 0 Å². The molecular weight excluding hydrogens is 364 g/mol. The van der Waals surface area contributed by atoms with Crippen molar-refractivity contribution in [3.8, 4) is 0 Å². The van der Waals surface area contributed by atoms with Gasteiger partial charge >= 0.3 is 0 Å². The van der Waals surface area contributed by atoms with Gasteiger partial charge in [0.1, 0.15) is 15.6 Å². The summed E-state index contributed by atoms with van der Waals surface area (Å²) in [5.41, 5.74) is 7.69. The first-order valence-electron chi connectivity index (χ1n) is 6.98. The van der Waals surface area contributed by atoms with Crippen molar-refractivity contribution in [2.24, 2.45) is 5.73 Å². The third kappa shape index (κ3) is 3.87. The number of primary amides is 1. The number of hydrogen-bond acceptors (Lipinski definition) is 6. The highest BCUT2D eigenvalue weighted by Crippen LogP contribution is 2.35. The molecule has 3 N–H and O–H groups in total. The Kier molecular flexibility index (Phi) is 5.34. The number of rotatable bonds is 6. The summed E-state index contributed by atoms with van der Waals surface area (Å²) >= 11 is 8.79.